The number of aromatic nitrogens is 2. The second kappa shape index (κ2) is 15.2. The molecule has 0 spiro atoms. The van der Waals surface area contributed by atoms with Gasteiger partial charge in [-0.3, -0.25) is 19.4 Å². The number of halogens is 2. The first-order valence-corrected chi connectivity index (χ1v) is 15.6. The van der Waals surface area contributed by atoms with Crippen LogP contribution in [0.1, 0.15) is 44.0 Å². The van der Waals surface area contributed by atoms with Gasteiger partial charge in [0.25, 0.3) is 5.56 Å². The molecule has 0 unspecified atom stereocenters. The number of pyridine rings is 2. The minimum atomic E-state index is -1.14. The molecule has 242 valence electrons. The fourth-order valence-electron chi connectivity index (χ4n) is 5.54. The van der Waals surface area contributed by atoms with Gasteiger partial charge in [0.2, 0.25) is 11.8 Å². The summed E-state index contributed by atoms with van der Waals surface area (Å²) in [5.74, 6) is 0.223. The molecule has 1 aliphatic rings. The summed E-state index contributed by atoms with van der Waals surface area (Å²) in [5.41, 5.74) is 3.51. The first-order chi connectivity index (χ1) is 20.6. The molecule has 0 saturated heterocycles. The van der Waals surface area contributed by atoms with Crippen LogP contribution >= 0.6 is 36.2 Å². The number of carbonyl (C=O) groups is 2. The van der Waals surface area contributed by atoms with Crippen LogP contribution < -0.4 is 25.4 Å². The van der Waals surface area contributed by atoms with Crippen molar-refractivity contribution in [2.24, 2.45) is 5.41 Å². The predicted octanol–water partition coefficient (Wildman–Crippen LogP) is 5.77. The number of ether oxygens (including phenoxy) is 1. The van der Waals surface area contributed by atoms with E-state index in [1.165, 1.54) is 11.3 Å². The molecule has 0 atom stereocenters. The summed E-state index contributed by atoms with van der Waals surface area (Å²) in [7, 11) is 1.71. The van der Waals surface area contributed by atoms with Gasteiger partial charge in [-0.1, -0.05) is 0 Å². The summed E-state index contributed by atoms with van der Waals surface area (Å²) >= 11 is 1.49. The lowest BCUT2D eigenvalue weighted by molar-refractivity contribution is -0.137. The van der Waals surface area contributed by atoms with E-state index in [1.54, 1.807) is 35.3 Å². The highest BCUT2D eigenvalue weighted by Crippen LogP contribution is 2.40. The van der Waals surface area contributed by atoms with Crippen LogP contribution in [0, 0.1) is 12.3 Å². The number of carbonyl (C=O) groups excluding carboxylic acids is 2. The summed E-state index contributed by atoms with van der Waals surface area (Å²) in [4.78, 5) is 46.7. The van der Waals surface area contributed by atoms with E-state index in [4.69, 9.17) is 4.74 Å². The fraction of sp³-hybridized carbons (Fsp3) is 0.394. The minimum Gasteiger partial charge on any atom is -0.493 e. The van der Waals surface area contributed by atoms with Crippen LogP contribution in [0.2, 0.25) is 0 Å². The Bertz CT molecular complexity index is 1720. The first kappa shape index (κ1) is 36.0. The lowest BCUT2D eigenvalue weighted by Crippen LogP contribution is -2.47. The van der Waals surface area contributed by atoms with Gasteiger partial charge in [0.1, 0.15) is 11.2 Å². The first-order valence-electron chi connectivity index (χ1n) is 14.7. The van der Waals surface area contributed by atoms with E-state index in [0.717, 1.165) is 39.9 Å². The van der Waals surface area contributed by atoms with Crippen molar-refractivity contribution in [3.05, 3.63) is 81.3 Å². The Morgan fingerprint density at radius 3 is 2.56 bits per heavy atom. The third-order valence-corrected chi connectivity index (χ3v) is 8.92. The molecule has 0 saturated carbocycles. The molecule has 45 heavy (non-hydrogen) atoms. The minimum absolute atomic E-state index is 0. The number of benzene rings is 1. The van der Waals surface area contributed by atoms with Gasteiger partial charge in [-0.05, 0) is 87.5 Å². The smallest absolute Gasteiger partial charge is 0.268 e. The maximum absolute atomic E-state index is 13.1. The van der Waals surface area contributed by atoms with E-state index in [2.05, 4.69) is 16.4 Å². The number of thiophene rings is 1. The van der Waals surface area contributed by atoms with E-state index >= 15 is 0 Å². The molecule has 5 rings (SSSR count). The molecule has 0 aliphatic carbocycles. The highest BCUT2D eigenvalue weighted by Gasteiger charge is 2.45. The fourth-order valence-corrected chi connectivity index (χ4v) is 6.46. The Kier molecular flexibility index (Phi) is 12.2. The molecule has 2 amide bonds. The van der Waals surface area contributed by atoms with Gasteiger partial charge in [-0.15, -0.1) is 36.2 Å². The van der Waals surface area contributed by atoms with E-state index in [1.807, 2.05) is 62.0 Å². The maximum Gasteiger partial charge on any atom is 0.268 e. The third-order valence-electron chi connectivity index (χ3n) is 8.01. The van der Waals surface area contributed by atoms with Crippen LogP contribution in [0.5, 0.6) is 5.75 Å². The quantitative estimate of drug-likeness (QED) is 0.161. The van der Waals surface area contributed by atoms with E-state index < -0.39 is 5.41 Å². The number of hydrogen-bond acceptors (Lipinski definition) is 7. The van der Waals surface area contributed by atoms with E-state index in [0.29, 0.717) is 49.8 Å². The lowest BCUT2D eigenvalue weighted by atomic mass is 9.90. The number of rotatable bonds is 11. The van der Waals surface area contributed by atoms with Gasteiger partial charge >= 0.3 is 0 Å². The molecule has 3 aromatic heterocycles. The van der Waals surface area contributed by atoms with Crippen molar-refractivity contribution in [1.29, 1.82) is 0 Å². The number of aryl methyl sites for hydroxylation is 3. The van der Waals surface area contributed by atoms with Crippen LogP contribution in [0.15, 0.2) is 59.0 Å². The molecule has 1 aromatic carbocycles. The number of anilines is 2. The number of amides is 2. The van der Waals surface area contributed by atoms with Gasteiger partial charge in [0.05, 0.1) is 22.7 Å². The Morgan fingerprint density at radius 2 is 1.80 bits per heavy atom. The van der Waals surface area contributed by atoms with Crippen molar-refractivity contribution < 1.29 is 14.3 Å². The normalized spacial score (nSPS) is 14.1. The lowest BCUT2D eigenvalue weighted by Gasteiger charge is -2.27. The Balaban J connectivity index is 0.00000276. The van der Waals surface area contributed by atoms with Crippen molar-refractivity contribution in [2.75, 3.05) is 36.5 Å². The standard InChI is InChI=1S/C33H39N5O4S.2ClH/c1-6-38-27-9-8-25(19-28(27)36(5)31(40)33(3,4)32(38)41)42-16-7-13-34-20-23-10-14-35-24(18-23)11-15-37-21-22(2)26-12-17-43-29(26)30(37)39;;/h8-10,12,14,17-19,21,34H,6-7,11,13,15-16,20H2,1-5H3;2*1H. The van der Waals surface area contributed by atoms with Crippen LogP contribution in [0.4, 0.5) is 11.4 Å². The highest BCUT2D eigenvalue weighted by molar-refractivity contribution is 7.17. The van der Waals surface area contributed by atoms with Crippen molar-refractivity contribution in [3.8, 4) is 5.75 Å². The van der Waals surface area contributed by atoms with E-state index in [-0.39, 0.29) is 42.2 Å². The Morgan fingerprint density at radius 1 is 1.02 bits per heavy atom. The van der Waals surface area contributed by atoms with Crippen LogP contribution in [-0.2, 0) is 29.1 Å². The van der Waals surface area contributed by atoms with Crippen LogP contribution in [0.3, 0.4) is 0 Å². The second-order valence-corrected chi connectivity index (χ2v) is 12.4. The molecule has 9 nitrogen and oxygen atoms in total. The Hall–Kier alpha value is -3.44. The SMILES string of the molecule is CCN1C(=O)C(C)(C)C(=O)N(C)c2cc(OCCCNCc3ccnc(CCn4cc(C)c5ccsc5c4=O)c3)ccc21.Cl.Cl. The molecule has 0 fully saturated rings. The summed E-state index contributed by atoms with van der Waals surface area (Å²) in [5, 5.41) is 6.47. The highest BCUT2D eigenvalue weighted by atomic mass is 35.5. The number of nitrogens with zero attached hydrogens (tertiary/aromatic N) is 4. The molecule has 4 aromatic rings. The predicted molar refractivity (Wildman–Crippen MR) is 187 cm³/mol. The molecule has 12 heteroatoms. The monoisotopic (exact) mass is 673 g/mol. The molecule has 1 aliphatic heterocycles. The van der Waals surface area contributed by atoms with Gasteiger partial charge in [0, 0.05) is 62.6 Å². The van der Waals surface area contributed by atoms with Crippen molar-refractivity contribution >= 4 is 69.4 Å². The zero-order chi connectivity index (χ0) is 30.7. The molecule has 1 N–H and O–H groups in total. The van der Waals surface area contributed by atoms with Crippen molar-refractivity contribution in [1.82, 2.24) is 14.9 Å². The largest absolute Gasteiger partial charge is 0.493 e. The molecule has 0 bridgehead atoms. The maximum atomic E-state index is 13.1. The number of fused-ring (bicyclic) bond motifs is 2. The van der Waals surface area contributed by atoms with E-state index in [9.17, 15) is 14.4 Å². The number of hydrogen-bond donors (Lipinski definition) is 1. The third kappa shape index (κ3) is 7.52. The Labute approximate surface area is 280 Å². The summed E-state index contributed by atoms with van der Waals surface area (Å²) < 4.78 is 8.61. The van der Waals surface area contributed by atoms with Crippen molar-refractivity contribution in [3.63, 3.8) is 0 Å². The summed E-state index contributed by atoms with van der Waals surface area (Å²) in [6, 6.07) is 11.6. The van der Waals surface area contributed by atoms with Gasteiger partial charge in [-0.2, -0.15) is 0 Å². The van der Waals surface area contributed by atoms with Crippen LogP contribution in [0.25, 0.3) is 10.1 Å². The molecule has 0 radical (unpaired) electrons. The second-order valence-electron chi connectivity index (χ2n) is 11.4. The zero-order valence-corrected chi connectivity index (χ0v) is 28.7. The molecule has 4 heterocycles. The summed E-state index contributed by atoms with van der Waals surface area (Å²) in [6.07, 6.45) is 5.24. The molecular weight excluding hydrogens is 633 g/mol. The average Bonchev–Trinajstić information content (AvgIpc) is 3.50. The zero-order valence-electron chi connectivity index (χ0n) is 26.3. The van der Waals surface area contributed by atoms with Crippen molar-refractivity contribution in [2.45, 2.75) is 53.6 Å². The topological polar surface area (TPSA) is 96.8 Å². The van der Waals surface area contributed by atoms with Gasteiger partial charge < -0.3 is 24.4 Å². The average molecular weight is 675 g/mol. The molecular formula is C33H41Cl2N5O4S. The summed E-state index contributed by atoms with van der Waals surface area (Å²) in [6.45, 7) is 10.4. The number of nitrogens with one attached hydrogen (secondary N) is 1. The van der Waals surface area contributed by atoms with Crippen LogP contribution in [-0.4, -0.2) is 48.1 Å². The van der Waals surface area contributed by atoms with Gasteiger partial charge in [-0.25, -0.2) is 0 Å². The van der Waals surface area contributed by atoms with Gasteiger partial charge in [0.15, 0.2) is 0 Å².